The van der Waals surface area contributed by atoms with Gasteiger partial charge in [0.1, 0.15) is 30.8 Å². The normalized spacial score (nSPS) is 15.2. The molecule has 0 radical (unpaired) electrons. The van der Waals surface area contributed by atoms with E-state index in [1.807, 2.05) is 12.1 Å². The van der Waals surface area contributed by atoms with Crippen molar-refractivity contribution in [1.82, 2.24) is 0 Å². The van der Waals surface area contributed by atoms with Gasteiger partial charge in [-0.1, -0.05) is 109 Å². The minimum Gasteiger partial charge on any atom is -0.457 e. The maximum absolute atomic E-state index is 6.64. The lowest BCUT2D eigenvalue weighted by Crippen LogP contribution is -2.28. The number of hydrogen-bond acceptors (Lipinski definition) is 2. The summed E-state index contributed by atoms with van der Waals surface area (Å²) in [6.07, 6.45) is 0. The number of rotatable bonds is 4. The van der Waals surface area contributed by atoms with E-state index in [2.05, 4.69) is 124 Å². The lowest BCUT2D eigenvalue weighted by atomic mass is 9.89. The summed E-state index contributed by atoms with van der Waals surface area (Å²) in [5, 5.41) is 4.89. The van der Waals surface area contributed by atoms with Crippen LogP contribution in [0.5, 0.6) is 0 Å². The van der Waals surface area contributed by atoms with E-state index in [0.29, 0.717) is 0 Å². The van der Waals surface area contributed by atoms with E-state index in [9.17, 15) is 0 Å². The minimum absolute atomic E-state index is 0.919. The first kappa shape index (κ1) is 23.8. The molecule has 3 heteroatoms. The van der Waals surface area contributed by atoms with Crippen LogP contribution >= 0.6 is 0 Å². The zero-order chi connectivity index (χ0) is 26.7. The Labute approximate surface area is 229 Å². The SMILES string of the molecule is Cc1cccc(C2=C(c3cc4ccccc4o3)[Si](C)(C)C(c3cc4ccccc4o3)=C2c2cccc(C)c2)c1. The van der Waals surface area contributed by atoms with Crippen LogP contribution in [0.1, 0.15) is 33.8 Å². The summed E-state index contributed by atoms with van der Waals surface area (Å²) in [6, 6.07) is 38.8. The van der Waals surface area contributed by atoms with Crippen molar-refractivity contribution in [3.8, 4) is 0 Å². The van der Waals surface area contributed by atoms with Crippen LogP contribution in [-0.4, -0.2) is 8.07 Å². The van der Waals surface area contributed by atoms with E-state index in [1.54, 1.807) is 0 Å². The van der Waals surface area contributed by atoms with E-state index in [1.165, 1.54) is 43.8 Å². The summed E-state index contributed by atoms with van der Waals surface area (Å²) in [7, 11) is -2.36. The summed E-state index contributed by atoms with van der Waals surface area (Å²) in [6.45, 7) is 9.21. The maximum Gasteiger partial charge on any atom is 0.134 e. The van der Waals surface area contributed by atoms with Crippen molar-refractivity contribution in [2.45, 2.75) is 26.9 Å². The highest BCUT2D eigenvalue weighted by Gasteiger charge is 2.46. The number of furan rings is 2. The molecule has 39 heavy (non-hydrogen) atoms. The number of allylic oxidation sites excluding steroid dienone is 2. The average Bonchev–Trinajstić information content (AvgIpc) is 3.59. The van der Waals surface area contributed by atoms with Gasteiger partial charge in [-0.2, -0.15) is 0 Å². The third-order valence-electron chi connectivity index (χ3n) is 7.96. The zero-order valence-electron chi connectivity index (χ0n) is 22.7. The number of benzene rings is 4. The largest absolute Gasteiger partial charge is 0.457 e. The molecule has 0 saturated heterocycles. The van der Waals surface area contributed by atoms with Gasteiger partial charge in [-0.25, -0.2) is 0 Å². The van der Waals surface area contributed by atoms with Gasteiger partial charge in [0, 0.05) is 10.8 Å². The molecular formula is C36H30O2Si. The van der Waals surface area contributed by atoms with Gasteiger partial charge in [-0.05, 0) is 70.8 Å². The summed E-state index contributed by atoms with van der Waals surface area (Å²) >= 11 is 0. The monoisotopic (exact) mass is 522 g/mol. The Morgan fingerprint density at radius 2 is 0.923 bits per heavy atom. The first-order valence-corrected chi connectivity index (χ1v) is 16.5. The predicted octanol–water partition coefficient (Wildman–Crippen LogP) is 10.1. The van der Waals surface area contributed by atoms with Crippen LogP contribution in [0.3, 0.4) is 0 Å². The molecule has 0 saturated carbocycles. The third kappa shape index (κ3) is 3.85. The Balaban J connectivity index is 1.62. The van der Waals surface area contributed by atoms with Crippen molar-refractivity contribution in [2.24, 2.45) is 0 Å². The molecular weight excluding hydrogens is 492 g/mol. The fraction of sp³-hybridized carbons (Fsp3) is 0.111. The Morgan fingerprint density at radius 3 is 1.33 bits per heavy atom. The topological polar surface area (TPSA) is 26.3 Å². The molecule has 190 valence electrons. The fourth-order valence-electron chi connectivity index (χ4n) is 6.25. The molecule has 0 N–H and O–H groups in total. The lowest BCUT2D eigenvalue weighted by Gasteiger charge is -2.23. The van der Waals surface area contributed by atoms with Gasteiger partial charge in [-0.3, -0.25) is 0 Å². The van der Waals surface area contributed by atoms with Crippen molar-refractivity contribution < 1.29 is 8.83 Å². The van der Waals surface area contributed by atoms with Crippen LogP contribution in [-0.2, 0) is 0 Å². The lowest BCUT2D eigenvalue weighted by molar-refractivity contribution is 0.601. The smallest absolute Gasteiger partial charge is 0.134 e. The Morgan fingerprint density at radius 1 is 0.487 bits per heavy atom. The number of aryl methyl sites for hydroxylation is 2. The standard InChI is InChI=1S/C36H30O2Si/c1-23-11-9-15-27(19-23)33-34(28-16-10-12-24(2)20-28)36(32-22-26-14-6-8-18-30(26)38-32)39(3,4)35(33)31-21-25-13-5-7-17-29(25)37-31/h5-22H,1-4H3. The van der Waals surface area contributed by atoms with Gasteiger partial charge in [0.2, 0.25) is 0 Å². The molecule has 0 aliphatic carbocycles. The molecule has 0 spiro atoms. The van der Waals surface area contributed by atoms with Gasteiger partial charge >= 0.3 is 0 Å². The molecule has 4 aromatic carbocycles. The van der Waals surface area contributed by atoms with Gasteiger partial charge < -0.3 is 8.83 Å². The highest BCUT2D eigenvalue weighted by molar-refractivity contribution is 7.13. The van der Waals surface area contributed by atoms with Crippen molar-refractivity contribution in [3.05, 3.63) is 143 Å². The van der Waals surface area contributed by atoms with E-state index in [4.69, 9.17) is 8.83 Å². The summed E-state index contributed by atoms with van der Waals surface area (Å²) in [5.41, 5.74) is 9.27. The molecule has 7 rings (SSSR count). The maximum atomic E-state index is 6.64. The molecule has 1 aliphatic rings. The zero-order valence-corrected chi connectivity index (χ0v) is 23.7. The average molecular weight is 523 g/mol. The van der Waals surface area contributed by atoms with Crippen molar-refractivity contribution in [1.29, 1.82) is 0 Å². The first-order valence-electron chi connectivity index (χ1n) is 13.5. The van der Waals surface area contributed by atoms with Crippen LogP contribution in [0.15, 0.2) is 118 Å². The second-order valence-electron chi connectivity index (χ2n) is 11.2. The number of hydrogen-bond donors (Lipinski definition) is 0. The molecule has 6 aromatic rings. The fourth-order valence-corrected chi connectivity index (χ4v) is 9.77. The Bertz CT molecular complexity index is 1750. The second kappa shape index (κ2) is 8.86. The highest BCUT2D eigenvalue weighted by Crippen LogP contribution is 2.56. The van der Waals surface area contributed by atoms with E-state index < -0.39 is 8.07 Å². The van der Waals surface area contributed by atoms with E-state index >= 15 is 0 Å². The van der Waals surface area contributed by atoms with Crippen LogP contribution in [0.25, 0.3) is 43.5 Å². The first-order chi connectivity index (χ1) is 18.9. The third-order valence-corrected chi connectivity index (χ3v) is 11.5. The molecule has 0 fully saturated rings. The van der Waals surface area contributed by atoms with E-state index in [0.717, 1.165) is 33.5 Å². The molecule has 1 aliphatic heterocycles. The molecule has 0 bridgehead atoms. The van der Waals surface area contributed by atoms with Gasteiger partial charge in [0.15, 0.2) is 0 Å². The Hall–Kier alpha value is -4.34. The summed E-state index contributed by atoms with van der Waals surface area (Å²) < 4.78 is 13.3. The second-order valence-corrected chi connectivity index (χ2v) is 15.4. The minimum atomic E-state index is -2.36. The molecule has 2 nitrogen and oxygen atoms in total. The number of fused-ring (bicyclic) bond motifs is 2. The molecule has 0 unspecified atom stereocenters. The molecule has 0 amide bonds. The van der Waals surface area contributed by atoms with Crippen LogP contribution in [0.2, 0.25) is 13.1 Å². The summed E-state index contributed by atoms with van der Waals surface area (Å²) in [4.78, 5) is 0. The number of para-hydroxylation sites is 2. The van der Waals surface area contributed by atoms with Crippen molar-refractivity contribution in [3.63, 3.8) is 0 Å². The van der Waals surface area contributed by atoms with Crippen molar-refractivity contribution in [2.75, 3.05) is 0 Å². The summed E-state index contributed by atoms with van der Waals surface area (Å²) in [5.74, 6) is 1.92. The van der Waals surface area contributed by atoms with Crippen LogP contribution < -0.4 is 0 Å². The van der Waals surface area contributed by atoms with Gasteiger partial charge in [0.05, 0.1) is 0 Å². The van der Waals surface area contributed by atoms with Gasteiger partial charge in [-0.15, -0.1) is 0 Å². The molecule has 2 aromatic heterocycles. The molecule has 0 atom stereocenters. The molecule has 3 heterocycles. The highest BCUT2D eigenvalue weighted by atomic mass is 28.3. The predicted molar refractivity (Wildman–Crippen MR) is 166 cm³/mol. The van der Waals surface area contributed by atoms with Crippen LogP contribution in [0, 0.1) is 13.8 Å². The quantitative estimate of drug-likeness (QED) is 0.215. The van der Waals surface area contributed by atoms with E-state index in [-0.39, 0.29) is 0 Å². The Kier molecular flexibility index (Phi) is 5.39. The van der Waals surface area contributed by atoms with Crippen LogP contribution in [0.4, 0.5) is 0 Å². The van der Waals surface area contributed by atoms with Gasteiger partial charge in [0.25, 0.3) is 0 Å². The van der Waals surface area contributed by atoms with Crippen molar-refractivity contribution >= 4 is 51.6 Å².